The largest absolute Gasteiger partial charge is 0.349 e. The van der Waals surface area contributed by atoms with Crippen LogP contribution in [0.25, 0.3) is 0 Å². The topological polar surface area (TPSA) is 55.1 Å². The van der Waals surface area contributed by atoms with Crippen molar-refractivity contribution in [3.05, 3.63) is 71.3 Å². The molecule has 0 saturated carbocycles. The number of rotatable bonds is 4. The highest BCUT2D eigenvalue weighted by molar-refractivity contribution is 5.79. The van der Waals surface area contributed by atoms with E-state index < -0.39 is 0 Å². The number of nitrogens with one attached hydrogen (secondary N) is 1. The third kappa shape index (κ3) is 3.45. The van der Waals surface area contributed by atoms with Gasteiger partial charge in [-0.1, -0.05) is 61.5 Å². The molecule has 3 rings (SSSR count). The van der Waals surface area contributed by atoms with Crippen molar-refractivity contribution < 1.29 is 4.79 Å². The van der Waals surface area contributed by atoms with Gasteiger partial charge < -0.3 is 11.1 Å². The number of benzene rings is 2. The minimum absolute atomic E-state index is 0.0306. The maximum Gasteiger partial charge on any atom is 0.225 e. The molecule has 0 saturated heterocycles. The van der Waals surface area contributed by atoms with Crippen molar-refractivity contribution >= 4 is 5.91 Å². The molecule has 0 fully saturated rings. The Bertz CT molecular complexity index is 668. The fraction of sp³-hybridized carbons (Fsp3) is 0.350. The van der Waals surface area contributed by atoms with E-state index in [1.165, 1.54) is 11.1 Å². The highest BCUT2D eigenvalue weighted by Gasteiger charge is 2.26. The smallest absolute Gasteiger partial charge is 0.225 e. The monoisotopic (exact) mass is 308 g/mol. The molecule has 1 aliphatic rings. The molecular formula is C20H24N2O. The van der Waals surface area contributed by atoms with Crippen LogP contribution in [0.5, 0.6) is 0 Å². The number of carbonyl (C=O) groups is 1. The lowest BCUT2D eigenvalue weighted by molar-refractivity contribution is -0.126. The van der Waals surface area contributed by atoms with Crippen LogP contribution in [0.3, 0.4) is 0 Å². The molecule has 0 spiro atoms. The minimum atomic E-state index is -0.282. The molecule has 1 aliphatic carbocycles. The number of hydrogen-bond acceptors (Lipinski definition) is 2. The first-order valence-corrected chi connectivity index (χ1v) is 8.35. The van der Waals surface area contributed by atoms with Crippen LogP contribution >= 0.6 is 0 Å². The second kappa shape index (κ2) is 6.97. The molecule has 3 heteroatoms. The van der Waals surface area contributed by atoms with Crippen molar-refractivity contribution in [1.82, 2.24) is 5.32 Å². The summed E-state index contributed by atoms with van der Waals surface area (Å²) in [6.07, 6.45) is 3.21. The SMILES string of the molecule is CC(C(=O)NC1CCCc2ccccc21)C(N)c1ccccc1. The summed E-state index contributed by atoms with van der Waals surface area (Å²) in [4.78, 5) is 12.6. The molecule has 0 bridgehead atoms. The zero-order valence-electron chi connectivity index (χ0n) is 13.5. The van der Waals surface area contributed by atoms with Gasteiger partial charge in [0.15, 0.2) is 0 Å². The molecule has 3 unspecified atom stereocenters. The summed E-state index contributed by atoms with van der Waals surface area (Å²) in [6, 6.07) is 18.0. The molecule has 3 atom stereocenters. The normalized spacial score (nSPS) is 19.5. The average Bonchev–Trinajstić information content (AvgIpc) is 2.61. The standard InChI is InChI=1S/C20H24N2O/c1-14(19(21)16-9-3-2-4-10-16)20(23)22-18-13-7-11-15-8-5-6-12-17(15)18/h2-6,8-10,12,14,18-19H,7,11,13,21H2,1H3,(H,22,23). The van der Waals surface area contributed by atoms with E-state index in [2.05, 4.69) is 23.5 Å². The Morgan fingerprint density at radius 2 is 1.83 bits per heavy atom. The van der Waals surface area contributed by atoms with Crippen LogP contribution in [0.1, 0.15) is 48.5 Å². The first kappa shape index (κ1) is 15.8. The molecule has 120 valence electrons. The van der Waals surface area contributed by atoms with E-state index in [4.69, 9.17) is 5.73 Å². The Labute approximate surface area is 137 Å². The van der Waals surface area contributed by atoms with Crippen molar-refractivity contribution in [3.8, 4) is 0 Å². The Kier molecular flexibility index (Phi) is 4.77. The van der Waals surface area contributed by atoms with Crippen molar-refractivity contribution in [2.24, 2.45) is 11.7 Å². The molecule has 3 N–H and O–H groups in total. The zero-order valence-corrected chi connectivity index (χ0v) is 13.5. The van der Waals surface area contributed by atoms with E-state index in [9.17, 15) is 4.79 Å². The second-order valence-electron chi connectivity index (χ2n) is 6.38. The van der Waals surface area contributed by atoms with Crippen molar-refractivity contribution in [2.45, 2.75) is 38.3 Å². The lowest BCUT2D eigenvalue weighted by Gasteiger charge is -2.28. The fourth-order valence-electron chi connectivity index (χ4n) is 3.33. The van der Waals surface area contributed by atoms with Gasteiger partial charge in [-0.05, 0) is 36.0 Å². The van der Waals surface area contributed by atoms with Crippen LogP contribution in [0.4, 0.5) is 0 Å². The molecule has 0 radical (unpaired) electrons. The predicted octanol–water partition coefficient (Wildman–Crippen LogP) is 3.52. The average molecular weight is 308 g/mol. The maximum atomic E-state index is 12.6. The highest BCUT2D eigenvalue weighted by atomic mass is 16.2. The zero-order chi connectivity index (χ0) is 16.2. The molecule has 3 nitrogen and oxygen atoms in total. The van der Waals surface area contributed by atoms with Gasteiger partial charge in [0, 0.05) is 6.04 Å². The molecular weight excluding hydrogens is 284 g/mol. The minimum Gasteiger partial charge on any atom is -0.349 e. The van der Waals surface area contributed by atoms with Gasteiger partial charge in [0.1, 0.15) is 0 Å². The van der Waals surface area contributed by atoms with Gasteiger partial charge in [0.2, 0.25) is 5.91 Å². The van der Waals surface area contributed by atoms with Crippen LogP contribution in [0, 0.1) is 5.92 Å². The van der Waals surface area contributed by atoms with E-state index >= 15 is 0 Å². The van der Waals surface area contributed by atoms with Gasteiger partial charge in [-0.3, -0.25) is 4.79 Å². The van der Waals surface area contributed by atoms with Crippen LogP contribution < -0.4 is 11.1 Å². The van der Waals surface area contributed by atoms with Gasteiger partial charge in [0.05, 0.1) is 12.0 Å². The van der Waals surface area contributed by atoms with Crippen molar-refractivity contribution in [1.29, 1.82) is 0 Å². The van der Waals surface area contributed by atoms with Crippen LogP contribution in [0.2, 0.25) is 0 Å². The Hall–Kier alpha value is -2.13. The molecule has 2 aromatic carbocycles. The molecule has 0 aliphatic heterocycles. The predicted molar refractivity (Wildman–Crippen MR) is 92.8 cm³/mol. The van der Waals surface area contributed by atoms with E-state index in [0.29, 0.717) is 0 Å². The number of amides is 1. The first-order valence-electron chi connectivity index (χ1n) is 8.35. The summed E-state index contributed by atoms with van der Waals surface area (Å²) in [6.45, 7) is 1.90. The summed E-state index contributed by atoms with van der Waals surface area (Å²) in [7, 11) is 0. The van der Waals surface area contributed by atoms with E-state index in [1.807, 2.05) is 43.3 Å². The maximum absolute atomic E-state index is 12.6. The number of aryl methyl sites for hydroxylation is 1. The molecule has 2 aromatic rings. The quantitative estimate of drug-likeness (QED) is 0.908. The lowest BCUT2D eigenvalue weighted by atomic mass is 9.87. The Morgan fingerprint density at radius 1 is 1.13 bits per heavy atom. The first-order chi connectivity index (χ1) is 11.2. The summed E-state index contributed by atoms with van der Waals surface area (Å²) >= 11 is 0. The lowest BCUT2D eigenvalue weighted by Crippen LogP contribution is -2.38. The third-order valence-corrected chi connectivity index (χ3v) is 4.82. The van der Waals surface area contributed by atoms with Crippen molar-refractivity contribution in [2.75, 3.05) is 0 Å². The molecule has 0 aromatic heterocycles. The van der Waals surface area contributed by atoms with Gasteiger partial charge in [-0.25, -0.2) is 0 Å². The highest BCUT2D eigenvalue weighted by Crippen LogP contribution is 2.30. The van der Waals surface area contributed by atoms with E-state index in [1.54, 1.807) is 0 Å². The summed E-state index contributed by atoms with van der Waals surface area (Å²) in [5.41, 5.74) is 9.89. The molecule has 23 heavy (non-hydrogen) atoms. The van der Waals surface area contributed by atoms with Crippen LogP contribution in [0.15, 0.2) is 54.6 Å². The van der Waals surface area contributed by atoms with Gasteiger partial charge >= 0.3 is 0 Å². The molecule has 1 amide bonds. The Balaban J connectivity index is 1.70. The number of nitrogens with two attached hydrogens (primary N) is 1. The second-order valence-corrected chi connectivity index (χ2v) is 6.38. The fourth-order valence-corrected chi connectivity index (χ4v) is 3.33. The number of fused-ring (bicyclic) bond motifs is 1. The summed E-state index contributed by atoms with van der Waals surface area (Å²) in [5, 5.41) is 3.21. The Morgan fingerprint density at radius 3 is 2.61 bits per heavy atom. The third-order valence-electron chi connectivity index (χ3n) is 4.82. The van der Waals surface area contributed by atoms with Crippen molar-refractivity contribution in [3.63, 3.8) is 0 Å². The number of carbonyl (C=O) groups excluding carboxylic acids is 1. The van der Waals surface area contributed by atoms with E-state index in [-0.39, 0.29) is 23.9 Å². The van der Waals surface area contributed by atoms with Gasteiger partial charge in [0.25, 0.3) is 0 Å². The number of hydrogen-bond donors (Lipinski definition) is 2. The summed E-state index contributed by atoms with van der Waals surface area (Å²) in [5.74, 6) is -0.227. The van der Waals surface area contributed by atoms with Crippen LogP contribution in [-0.2, 0) is 11.2 Å². The molecule has 0 heterocycles. The van der Waals surface area contributed by atoms with E-state index in [0.717, 1.165) is 24.8 Å². The van der Waals surface area contributed by atoms with Gasteiger partial charge in [-0.2, -0.15) is 0 Å². The summed E-state index contributed by atoms with van der Waals surface area (Å²) < 4.78 is 0. The van der Waals surface area contributed by atoms with Crippen LogP contribution in [-0.4, -0.2) is 5.91 Å². The van der Waals surface area contributed by atoms with Gasteiger partial charge in [-0.15, -0.1) is 0 Å².